The molecule has 1 nitrogen and oxygen atoms in total. The maximum absolute atomic E-state index is 8.23. The Morgan fingerprint density at radius 1 is 1.45 bits per heavy atom. The van der Waals surface area contributed by atoms with Crippen LogP contribution in [0.15, 0.2) is 24.3 Å². The van der Waals surface area contributed by atoms with Crippen LogP contribution in [-0.2, 0) is 6.42 Å². The number of aliphatic hydroxyl groups excluding tert-OH is 1. The highest BCUT2D eigenvalue weighted by Gasteiger charge is 1.89. The zero-order valence-electron chi connectivity index (χ0n) is 5.84. The van der Waals surface area contributed by atoms with E-state index in [2.05, 4.69) is 28.5 Å². The molecule has 0 aliphatic heterocycles. The van der Waals surface area contributed by atoms with Crippen molar-refractivity contribution in [2.24, 2.45) is 0 Å². The topological polar surface area (TPSA) is 20.2 Å². The van der Waals surface area contributed by atoms with Gasteiger partial charge in [-0.25, -0.2) is 0 Å². The van der Waals surface area contributed by atoms with Crippen LogP contribution in [0.3, 0.4) is 0 Å². The highest BCUT2D eigenvalue weighted by atomic mass is 127. The second kappa shape index (κ2) is 4.24. The number of halogens is 1. The van der Waals surface area contributed by atoms with Crippen LogP contribution in [0.1, 0.15) is 5.56 Å². The molecule has 1 aromatic carbocycles. The van der Waals surface area contributed by atoms with Crippen molar-refractivity contribution in [2.75, 3.05) is 0 Å². The first-order valence-corrected chi connectivity index (χ1v) is 4.27. The highest BCUT2D eigenvalue weighted by Crippen LogP contribution is 2.07. The van der Waals surface area contributed by atoms with Gasteiger partial charge in [0.1, 0.15) is 6.11 Å². The first-order chi connectivity index (χ1) is 5.33. The zero-order chi connectivity index (χ0) is 8.10. The van der Waals surface area contributed by atoms with Crippen LogP contribution < -0.4 is 0 Å². The van der Waals surface area contributed by atoms with Crippen LogP contribution >= 0.6 is 22.6 Å². The normalized spacial score (nSPS) is 8.45. The minimum Gasteiger partial charge on any atom is -0.462 e. The summed E-state index contributed by atoms with van der Waals surface area (Å²) in [4.78, 5) is 0. The largest absolute Gasteiger partial charge is 0.462 e. The van der Waals surface area contributed by atoms with E-state index in [0.29, 0.717) is 6.42 Å². The molecule has 1 rings (SSSR count). The highest BCUT2D eigenvalue weighted by molar-refractivity contribution is 14.1. The van der Waals surface area contributed by atoms with Gasteiger partial charge < -0.3 is 5.11 Å². The van der Waals surface area contributed by atoms with Crippen LogP contribution in [-0.4, -0.2) is 5.11 Å². The van der Waals surface area contributed by atoms with E-state index in [1.54, 1.807) is 0 Å². The van der Waals surface area contributed by atoms with Gasteiger partial charge in [0.15, 0.2) is 0 Å². The molecule has 0 saturated carbocycles. The minimum absolute atomic E-state index is 0.618. The van der Waals surface area contributed by atoms with E-state index in [1.807, 2.05) is 30.4 Å². The van der Waals surface area contributed by atoms with E-state index in [1.165, 1.54) is 3.57 Å². The molecule has 0 aliphatic carbocycles. The average molecular weight is 258 g/mol. The Bertz CT molecular complexity index is 296. The smallest absolute Gasteiger partial charge is 0.107 e. The Kier molecular flexibility index (Phi) is 3.24. The zero-order valence-corrected chi connectivity index (χ0v) is 8.00. The molecule has 0 spiro atoms. The summed E-state index contributed by atoms with van der Waals surface area (Å²) in [6.45, 7) is 0. The first kappa shape index (κ1) is 8.41. The Labute approximate surface area is 79.6 Å². The second-order valence-electron chi connectivity index (χ2n) is 2.10. The molecule has 0 heterocycles. The van der Waals surface area contributed by atoms with Gasteiger partial charge in [-0.1, -0.05) is 18.1 Å². The molecule has 0 unspecified atom stereocenters. The number of aliphatic hydroxyl groups is 1. The van der Waals surface area contributed by atoms with Crippen molar-refractivity contribution in [3.05, 3.63) is 33.4 Å². The summed E-state index contributed by atoms with van der Waals surface area (Å²) in [5.41, 5.74) is 1.14. The average Bonchev–Trinajstić information content (AvgIpc) is 2.01. The van der Waals surface area contributed by atoms with Crippen molar-refractivity contribution in [1.82, 2.24) is 0 Å². The Morgan fingerprint density at radius 2 is 2.27 bits per heavy atom. The molecule has 0 saturated heterocycles. The molecule has 0 bridgehead atoms. The fraction of sp³-hybridized carbons (Fsp3) is 0.111. The van der Waals surface area contributed by atoms with Gasteiger partial charge in [-0.15, -0.1) is 0 Å². The summed E-state index contributed by atoms with van der Waals surface area (Å²) >= 11 is 2.25. The molecular weight excluding hydrogens is 251 g/mol. The molecule has 0 aliphatic rings. The van der Waals surface area contributed by atoms with Gasteiger partial charge in [0.2, 0.25) is 0 Å². The Balaban J connectivity index is 2.76. The third kappa shape index (κ3) is 2.81. The van der Waals surface area contributed by atoms with Crippen molar-refractivity contribution >= 4 is 22.6 Å². The van der Waals surface area contributed by atoms with Gasteiger partial charge in [0, 0.05) is 9.99 Å². The summed E-state index contributed by atoms with van der Waals surface area (Å²) in [7, 11) is 0. The Hall–Kier alpha value is -0.690. The lowest BCUT2D eigenvalue weighted by Gasteiger charge is -1.93. The molecule has 0 amide bonds. The monoisotopic (exact) mass is 258 g/mol. The molecule has 11 heavy (non-hydrogen) atoms. The van der Waals surface area contributed by atoms with Crippen LogP contribution in [0.5, 0.6) is 0 Å². The third-order valence-electron chi connectivity index (χ3n) is 1.26. The van der Waals surface area contributed by atoms with Crippen molar-refractivity contribution in [1.29, 1.82) is 0 Å². The summed E-state index contributed by atoms with van der Waals surface area (Å²) in [5.74, 6) is 2.59. The number of hydrogen-bond donors (Lipinski definition) is 1. The van der Waals surface area contributed by atoms with Crippen LogP contribution in [0, 0.1) is 15.6 Å². The van der Waals surface area contributed by atoms with Crippen molar-refractivity contribution in [3.63, 3.8) is 0 Å². The van der Waals surface area contributed by atoms with Gasteiger partial charge >= 0.3 is 0 Å². The quantitative estimate of drug-likeness (QED) is 0.604. The Morgan fingerprint density at radius 3 is 2.91 bits per heavy atom. The molecule has 0 atom stereocenters. The van der Waals surface area contributed by atoms with Crippen molar-refractivity contribution in [3.8, 4) is 12.0 Å². The number of rotatable bonds is 1. The predicted molar refractivity (Wildman–Crippen MR) is 52.6 cm³/mol. The third-order valence-corrected chi connectivity index (χ3v) is 1.93. The van der Waals surface area contributed by atoms with E-state index >= 15 is 0 Å². The number of hydrogen-bond acceptors (Lipinski definition) is 1. The van der Waals surface area contributed by atoms with Gasteiger partial charge in [-0.3, -0.25) is 0 Å². The SMILES string of the molecule is OC#CCc1cccc(I)c1. The molecule has 0 fully saturated rings. The van der Waals surface area contributed by atoms with Gasteiger partial charge in [0.25, 0.3) is 0 Å². The fourth-order valence-electron chi connectivity index (χ4n) is 0.789. The van der Waals surface area contributed by atoms with E-state index in [4.69, 9.17) is 5.11 Å². The molecule has 2 heteroatoms. The predicted octanol–water partition coefficient (Wildman–Crippen LogP) is 2.17. The molecule has 56 valence electrons. The maximum atomic E-state index is 8.23. The van der Waals surface area contributed by atoms with E-state index in [-0.39, 0.29) is 0 Å². The molecule has 1 N–H and O–H groups in total. The second-order valence-corrected chi connectivity index (χ2v) is 3.34. The summed E-state index contributed by atoms with van der Waals surface area (Å²) < 4.78 is 1.19. The standard InChI is InChI=1S/C9H7IO/c10-9-5-1-3-8(7-9)4-2-6-11/h1,3,5,7,11H,4H2. The van der Waals surface area contributed by atoms with E-state index in [9.17, 15) is 0 Å². The van der Waals surface area contributed by atoms with E-state index < -0.39 is 0 Å². The lowest BCUT2D eigenvalue weighted by Crippen LogP contribution is -1.81. The molecular formula is C9H7IO. The summed E-state index contributed by atoms with van der Waals surface area (Å²) in [5, 5.41) is 8.23. The molecule has 0 radical (unpaired) electrons. The number of benzene rings is 1. The van der Waals surface area contributed by atoms with Gasteiger partial charge in [0.05, 0.1) is 0 Å². The fourth-order valence-corrected chi connectivity index (χ4v) is 1.40. The van der Waals surface area contributed by atoms with Crippen LogP contribution in [0.4, 0.5) is 0 Å². The van der Waals surface area contributed by atoms with Crippen LogP contribution in [0.25, 0.3) is 0 Å². The van der Waals surface area contributed by atoms with Crippen LogP contribution in [0.2, 0.25) is 0 Å². The lowest BCUT2D eigenvalue weighted by atomic mass is 10.2. The minimum atomic E-state index is 0.618. The molecule has 1 aromatic rings. The van der Waals surface area contributed by atoms with Crippen molar-refractivity contribution < 1.29 is 5.11 Å². The van der Waals surface area contributed by atoms with Crippen molar-refractivity contribution in [2.45, 2.75) is 6.42 Å². The lowest BCUT2D eigenvalue weighted by molar-refractivity contribution is 0.516. The maximum Gasteiger partial charge on any atom is 0.107 e. The van der Waals surface area contributed by atoms with Gasteiger partial charge in [-0.05, 0) is 40.3 Å². The molecule has 0 aromatic heterocycles. The summed E-state index contributed by atoms with van der Waals surface area (Å²) in [6, 6.07) is 8.05. The van der Waals surface area contributed by atoms with E-state index in [0.717, 1.165) is 5.56 Å². The summed E-state index contributed by atoms with van der Waals surface area (Å²) in [6.07, 6.45) is 2.50. The first-order valence-electron chi connectivity index (χ1n) is 3.19. The van der Waals surface area contributed by atoms with Gasteiger partial charge in [-0.2, -0.15) is 0 Å².